The first-order chi connectivity index (χ1) is 5.72. The minimum absolute atomic E-state index is 0.984. The molecule has 1 rings (SSSR count). The summed E-state index contributed by atoms with van der Waals surface area (Å²) in [6, 6.07) is 0. The molecule has 0 saturated heterocycles. The van der Waals surface area contributed by atoms with Gasteiger partial charge in [0.1, 0.15) is 0 Å². The first-order valence-corrected chi connectivity index (χ1v) is 4.64. The molecule has 0 aromatic carbocycles. The van der Waals surface area contributed by atoms with Gasteiger partial charge >= 0.3 is 0 Å². The van der Waals surface area contributed by atoms with Gasteiger partial charge in [-0.2, -0.15) is 0 Å². The van der Waals surface area contributed by atoms with Crippen LogP contribution < -0.4 is 0 Å². The molecule has 0 aliphatic carbocycles. The molecule has 0 aromatic rings. The molecule has 1 aliphatic heterocycles. The minimum atomic E-state index is 0.984. The molecule has 0 spiro atoms. The lowest BCUT2D eigenvalue weighted by atomic mass is 10.3. The third-order valence-corrected chi connectivity index (χ3v) is 1.65. The zero-order valence-corrected chi connectivity index (χ0v) is 8.96. The van der Waals surface area contributed by atoms with Crippen LogP contribution in [-0.4, -0.2) is 50.0 Å². The Morgan fingerprint density at radius 1 is 1.33 bits per heavy atom. The lowest BCUT2D eigenvalue weighted by Gasteiger charge is -2.29. The highest BCUT2D eigenvalue weighted by atomic mass is 15.4. The highest BCUT2D eigenvalue weighted by Crippen LogP contribution is 2.00. The van der Waals surface area contributed by atoms with Gasteiger partial charge in [-0.15, -0.1) is 0 Å². The van der Waals surface area contributed by atoms with Gasteiger partial charge in [0.25, 0.3) is 0 Å². The number of hydrogen-bond acceptors (Lipinski definition) is 3. The molecule has 1 heterocycles. The maximum Gasteiger partial charge on any atom is 0.195 e. The van der Waals surface area contributed by atoms with Crippen molar-refractivity contribution in [3.63, 3.8) is 0 Å². The predicted octanol–water partition coefficient (Wildman–Crippen LogP) is 1.27. The number of nitrogens with zero attached hydrogens (tertiary/aromatic N) is 3. The average Bonchev–Trinajstić information content (AvgIpc) is 2.08. The van der Waals surface area contributed by atoms with E-state index in [-0.39, 0.29) is 0 Å². The molecule has 0 bridgehead atoms. The predicted molar refractivity (Wildman–Crippen MR) is 54.6 cm³/mol. The molecule has 12 heavy (non-hydrogen) atoms. The number of guanidine groups is 1. The van der Waals surface area contributed by atoms with Gasteiger partial charge in [0.15, 0.2) is 5.96 Å². The summed E-state index contributed by atoms with van der Waals surface area (Å²) < 4.78 is 0. The Morgan fingerprint density at radius 2 is 1.92 bits per heavy atom. The second-order valence-electron chi connectivity index (χ2n) is 2.85. The van der Waals surface area contributed by atoms with Crippen molar-refractivity contribution in [2.45, 2.75) is 20.3 Å². The summed E-state index contributed by atoms with van der Waals surface area (Å²) in [4.78, 5) is 8.62. The summed E-state index contributed by atoms with van der Waals surface area (Å²) in [7, 11) is 6.14. The van der Waals surface area contributed by atoms with E-state index < -0.39 is 0 Å². The van der Waals surface area contributed by atoms with Crippen LogP contribution in [0.5, 0.6) is 0 Å². The van der Waals surface area contributed by atoms with E-state index in [1.54, 1.807) is 0 Å². The fraction of sp³-hybridized carbons (Fsp3) is 0.889. The van der Waals surface area contributed by atoms with Crippen molar-refractivity contribution in [1.29, 1.82) is 0 Å². The van der Waals surface area contributed by atoms with Gasteiger partial charge in [-0.05, 0) is 6.42 Å². The topological polar surface area (TPSA) is 18.8 Å². The summed E-state index contributed by atoms with van der Waals surface area (Å²) in [6.07, 6.45) is 1.19. The molecule has 72 valence electrons. The fourth-order valence-electron chi connectivity index (χ4n) is 1.19. The zero-order chi connectivity index (χ0) is 9.56. The Labute approximate surface area is 76.1 Å². The number of aliphatic imine (C=N–C) groups is 1. The minimum Gasteiger partial charge on any atom is -0.349 e. The van der Waals surface area contributed by atoms with Crippen LogP contribution in [0.15, 0.2) is 4.99 Å². The van der Waals surface area contributed by atoms with E-state index in [0.29, 0.717) is 0 Å². The molecule has 0 fully saturated rings. The largest absolute Gasteiger partial charge is 0.349 e. The third kappa shape index (κ3) is 3.11. The summed E-state index contributed by atoms with van der Waals surface area (Å²) in [5, 5.41) is 0. The van der Waals surface area contributed by atoms with E-state index in [9.17, 15) is 0 Å². The smallest absolute Gasteiger partial charge is 0.195 e. The van der Waals surface area contributed by atoms with Gasteiger partial charge in [0.05, 0.1) is 0 Å². The zero-order valence-electron chi connectivity index (χ0n) is 8.96. The monoisotopic (exact) mass is 171 g/mol. The quantitative estimate of drug-likeness (QED) is 0.546. The van der Waals surface area contributed by atoms with Gasteiger partial charge in [-0.1, -0.05) is 13.8 Å². The van der Waals surface area contributed by atoms with E-state index >= 15 is 0 Å². The molecule has 0 radical (unpaired) electrons. The van der Waals surface area contributed by atoms with Crippen LogP contribution in [0.1, 0.15) is 20.3 Å². The van der Waals surface area contributed by atoms with Gasteiger partial charge in [-0.25, -0.2) is 0 Å². The van der Waals surface area contributed by atoms with Crippen LogP contribution in [0.4, 0.5) is 0 Å². The van der Waals surface area contributed by atoms with E-state index in [4.69, 9.17) is 0 Å². The molecule has 3 nitrogen and oxygen atoms in total. The molecule has 1 aliphatic rings. The Morgan fingerprint density at radius 3 is 2.25 bits per heavy atom. The SMILES string of the molecule is CC.CN(C)C1=NCCCN1C. The van der Waals surface area contributed by atoms with E-state index in [1.165, 1.54) is 6.42 Å². The maximum atomic E-state index is 4.38. The Kier molecular flexibility index (Phi) is 5.51. The first-order valence-electron chi connectivity index (χ1n) is 4.64. The van der Waals surface area contributed by atoms with Crippen molar-refractivity contribution in [2.24, 2.45) is 4.99 Å². The van der Waals surface area contributed by atoms with Crippen LogP contribution in [0, 0.1) is 0 Å². The summed E-state index contributed by atoms with van der Waals surface area (Å²) in [5.41, 5.74) is 0. The normalized spacial score (nSPS) is 16.1. The molecule has 3 heteroatoms. The van der Waals surface area contributed by atoms with Gasteiger partial charge in [0.2, 0.25) is 0 Å². The first kappa shape index (κ1) is 11.3. The van der Waals surface area contributed by atoms with Crippen LogP contribution in [0.2, 0.25) is 0 Å². The van der Waals surface area contributed by atoms with Crippen molar-refractivity contribution >= 4 is 5.96 Å². The molecular weight excluding hydrogens is 150 g/mol. The van der Waals surface area contributed by atoms with Crippen LogP contribution in [0.3, 0.4) is 0 Å². The molecule has 0 aromatic heterocycles. The van der Waals surface area contributed by atoms with Crippen LogP contribution in [-0.2, 0) is 0 Å². The summed E-state index contributed by atoms with van der Waals surface area (Å²) in [5.74, 6) is 1.10. The van der Waals surface area contributed by atoms with Gasteiger partial charge in [0, 0.05) is 34.2 Å². The third-order valence-electron chi connectivity index (χ3n) is 1.65. The van der Waals surface area contributed by atoms with Crippen LogP contribution in [0.25, 0.3) is 0 Å². The number of rotatable bonds is 0. The van der Waals surface area contributed by atoms with E-state index in [1.807, 2.05) is 27.9 Å². The van der Waals surface area contributed by atoms with Crippen molar-refractivity contribution in [3.05, 3.63) is 0 Å². The maximum absolute atomic E-state index is 4.38. The number of hydrogen-bond donors (Lipinski definition) is 0. The Hall–Kier alpha value is -0.730. The second-order valence-corrected chi connectivity index (χ2v) is 2.85. The van der Waals surface area contributed by atoms with Crippen molar-refractivity contribution < 1.29 is 0 Å². The lowest BCUT2D eigenvalue weighted by molar-refractivity contribution is 0.395. The van der Waals surface area contributed by atoms with Gasteiger partial charge < -0.3 is 9.80 Å². The van der Waals surface area contributed by atoms with Crippen molar-refractivity contribution in [1.82, 2.24) is 9.80 Å². The summed E-state index contributed by atoms with van der Waals surface area (Å²) >= 11 is 0. The highest BCUT2D eigenvalue weighted by Gasteiger charge is 2.11. The highest BCUT2D eigenvalue weighted by molar-refractivity contribution is 5.79. The molecule has 0 amide bonds. The fourth-order valence-corrected chi connectivity index (χ4v) is 1.19. The summed E-state index contributed by atoms with van der Waals surface area (Å²) in [6.45, 7) is 6.12. The lowest BCUT2D eigenvalue weighted by Crippen LogP contribution is -2.41. The van der Waals surface area contributed by atoms with Crippen molar-refractivity contribution in [2.75, 3.05) is 34.2 Å². The molecular formula is C9H21N3. The molecule has 0 N–H and O–H groups in total. The van der Waals surface area contributed by atoms with Gasteiger partial charge in [-0.3, -0.25) is 4.99 Å². The Bertz CT molecular complexity index is 141. The average molecular weight is 171 g/mol. The van der Waals surface area contributed by atoms with Crippen LogP contribution >= 0.6 is 0 Å². The standard InChI is InChI=1S/C7H15N3.C2H6/c1-9(2)7-8-5-4-6-10(7)3;1-2/h4-6H2,1-3H3;1-2H3. The second kappa shape index (κ2) is 5.86. The molecule has 0 saturated carbocycles. The van der Waals surface area contributed by atoms with E-state index in [0.717, 1.165) is 19.0 Å². The van der Waals surface area contributed by atoms with E-state index in [2.05, 4.69) is 21.8 Å². The molecule has 0 atom stereocenters. The van der Waals surface area contributed by atoms with Crippen molar-refractivity contribution in [3.8, 4) is 0 Å². The Balaban J connectivity index is 0.000000561. The molecule has 0 unspecified atom stereocenters.